The van der Waals surface area contributed by atoms with Crippen LogP contribution in [0.4, 0.5) is 0 Å². The fourth-order valence-corrected chi connectivity index (χ4v) is 1.92. The molecule has 0 aliphatic heterocycles. The van der Waals surface area contributed by atoms with Crippen LogP contribution in [0.25, 0.3) is 22.6 Å². The van der Waals surface area contributed by atoms with Gasteiger partial charge in [-0.3, -0.25) is 9.48 Å². The summed E-state index contributed by atoms with van der Waals surface area (Å²) in [4.78, 5) is 18.9. The second-order valence-corrected chi connectivity index (χ2v) is 4.43. The van der Waals surface area contributed by atoms with Crippen LogP contribution in [0.1, 0.15) is 0 Å². The molecule has 0 saturated carbocycles. The van der Waals surface area contributed by atoms with E-state index in [2.05, 4.69) is 15.1 Å². The molecule has 20 heavy (non-hydrogen) atoms. The van der Waals surface area contributed by atoms with Crippen molar-refractivity contribution in [1.82, 2.24) is 19.7 Å². The summed E-state index contributed by atoms with van der Waals surface area (Å²) in [5.41, 5.74) is 1.83. The van der Waals surface area contributed by atoms with Crippen molar-refractivity contribution in [2.45, 2.75) is 0 Å². The van der Waals surface area contributed by atoms with Crippen LogP contribution in [0.2, 0.25) is 0 Å². The second kappa shape index (κ2) is 4.65. The van der Waals surface area contributed by atoms with Crippen molar-refractivity contribution < 1.29 is 5.11 Å². The maximum absolute atomic E-state index is 11.8. The molecule has 6 heteroatoms. The number of aryl methyl sites for hydroxylation is 1. The van der Waals surface area contributed by atoms with Crippen molar-refractivity contribution in [1.29, 1.82) is 0 Å². The van der Waals surface area contributed by atoms with E-state index in [1.807, 2.05) is 0 Å². The SMILES string of the molecule is Cn1cc(-c2cc(=O)[nH]c(-c3ccc(O)cc3)n2)cn1. The third-order valence-electron chi connectivity index (χ3n) is 2.88. The smallest absolute Gasteiger partial charge is 0.251 e. The zero-order valence-electron chi connectivity index (χ0n) is 10.7. The summed E-state index contributed by atoms with van der Waals surface area (Å²) in [5, 5.41) is 13.4. The molecule has 6 nitrogen and oxygen atoms in total. The molecule has 3 rings (SSSR count). The van der Waals surface area contributed by atoms with Crippen molar-refractivity contribution in [3.05, 3.63) is 53.1 Å². The first-order valence-corrected chi connectivity index (χ1v) is 6.01. The largest absolute Gasteiger partial charge is 0.508 e. The van der Waals surface area contributed by atoms with Gasteiger partial charge in [0.2, 0.25) is 0 Å². The highest BCUT2D eigenvalue weighted by Crippen LogP contribution is 2.20. The van der Waals surface area contributed by atoms with E-state index in [1.54, 1.807) is 48.4 Å². The first-order valence-electron chi connectivity index (χ1n) is 6.01. The molecule has 0 aliphatic rings. The molecular formula is C14H12N4O2. The molecule has 0 aliphatic carbocycles. The summed E-state index contributed by atoms with van der Waals surface area (Å²) >= 11 is 0. The molecular weight excluding hydrogens is 256 g/mol. The van der Waals surface area contributed by atoms with Crippen molar-refractivity contribution in [3.63, 3.8) is 0 Å². The molecule has 100 valence electrons. The van der Waals surface area contributed by atoms with Crippen LogP contribution in [-0.4, -0.2) is 24.9 Å². The normalized spacial score (nSPS) is 10.7. The number of phenols is 1. The Labute approximate surface area is 114 Å². The van der Waals surface area contributed by atoms with E-state index < -0.39 is 0 Å². The third-order valence-corrected chi connectivity index (χ3v) is 2.88. The van der Waals surface area contributed by atoms with Gasteiger partial charge in [-0.05, 0) is 24.3 Å². The van der Waals surface area contributed by atoms with Gasteiger partial charge in [0, 0.05) is 30.4 Å². The van der Waals surface area contributed by atoms with Gasteiger partial charge >= 0.3 is 0 Å². The molecule has 0 bridgehead atoms. The number of benzene rings is 1. The molecule has 2 aromatic heterocycles. The Morgan fingerprint density at radius 2 is 1.95 bits per heavy atom. The summed E-state index contributed by atoms with van der Waals surface area (Å²) in [7, 11) is 1.80. The summed E-state index contributed by atoms with van der Waals surface area (Å²) < 4.78 is 1.65. The van der Waals surface area contributed by atoms with Gasteiger partial charge in [0.1, 0.15) is 11.6 Å². The Balaban J connectivity index is 2.11. The van der Waals surface area contributed by atoms with Gasteiger partial charge in [0.25, 0.3) is 5.56 Å². The monoisotopic (exact) mass is 268 g/mol. The van der Waals surface area contributed by atoms with Gasteiger partial charge in [-0.2, -0.15) is 5.10 Å². The number of rotatable bonds is 2. The molecule has 2 N–H and O–H groups in total. The molecule has 3 aromatic rings. The van der Waals surface area contributed by atoms with Crippen molar-refractivity contribution in [2.75, 3.05) is 0 Å². The Morgan fingerprint density at radius 1 is 1.20 bits per heavy atom. The van der Waals surface area contributed by atoms with Crippen LogP contribution in [-0.2, 0) is 7.05 Å². The highest BCUT2D eigenvalue weighted by molar-refractivity contribution is 5.62. The average molecular weight is 268 g/mol. The van der Waals surface area contributed by atoms with Crippen LogP contribution in [0.5, 0.6) is 5.75 Å². The van der Waals surface area contributed by atoms with Gasteiger partial charge in [0.05, 0.1) is 11.9 Å². The number of aromatic nitrogens is 4. The number of nitrogens with zero attached hydrogens (tertiary/aromatic N) is 3. The highest BCUT2D eigenvalue weighted by atomic mass is 16.3. The lowest BCUT2D eigenvalue weighted by molar-refractivity contribution is 0.475. The molecule has 0 fully saturated rings. The van der Waals surface area contributed by atoms with E-state index in [0.717, 1.165) is 11.1 Å². The minimum absolute atomic E-state index is 0.166. The molecule has 0 unspecified atom stereocenters. The Bertz CT molecular complexity index is 803. The number of H-pyrrole nitrogens is 1. The quantitative estimate of drug-likeness (QED) is 0.738. The predicted octanol–water partition coefficient (Wildman–Crippen LogP) is 1.54. The number of nitrogens with one attached hydrogen (secondary N) is 1. The first-order chi connectivity index (χ1) is 9.61. The summed E-state index contributed by atoms with van der Waals surface area (Å²) in [6, 6.07) is 7.92. The van der Waals surface area contributed by atoms with Gasteiger partial charge in [-0.15, -0.1) is 0 Å². The molecule has 0 amide bonds. The molecule has 1 aromatic carbocycles. The fraction of sp³-hybridized carbons (Fsp3) is 0.0714. The minimum Gasteiger partial charge on any atom is -0.508 e. The van der Waals surface area contributed by atoms with Crippen LogP contribution in [0.3, 0.4) is 0 Å². The lowest BCUT2D eigenvalue weighted by atomic mass is 10.2. The maximum atomic E-state index is 11.8. The summed E-state index contributed by atoms with van der Waals surface area (Å²) in [5.74, 6) is 0.621. The van der Waals surface area contributed by atoms with E-state index in [4.69, 9.17) is 0 Å². The zero-order chi connectivity index (χ0) is 14.1. The predicted molar refractivity (Wildman–Crippen MR) is 74.2 cm³/mol. The lowest BCUT2D eigenvalue weighted by Crippen LogP contribution is -2.08. The van der Waals surface area contributed by atoms with E-state index in [0.29, 0.717) is 11.5 Å². The number of hydrogen-bond donors (Lipinski definition) is 2. The molecule has 2 heterocycles. The Kier molecular flexibility index (Phi) is 2.83. The molecule has 0 atom stereocenters. The number of phenolic OH excluding ortho intramolecular Hbond substituents is 1. The van der Waals surface area contributed by atoms with Crippen LogP contribution in [0, 0.1) is 0 Å². The second-order valence-electron chi connectivity index (χ2n) is 4.43. The van der Waals surface area contributed by atoms with Crippen molar-refractivity contribution >= 4 is 0 Å². The van der Waals surface area contributed by atoms with Gasteiger partial charge in [0.15, 0.2) is 0 Å². The van der Waals surface area contributed by atoms with Gasteiger partial charge < -0.3 is 10.1 Å². The number of aromatic hydroxyl groups is 1. The van der Waals surface area contributed by atoms with E-state index in [1.165, 1.54) is 6.07 Å². The lowest BCUT2D eigenvalue weighted by Gasteiger charge is -2.03. The summed E-state index contributed by atoms with van der Waals surface area (Å²) in [6.07, 6.45) is 3.45. The Morgan fingerprint density at radius 3 is 2.60 bits per heavy atom. The molecule has 0 spiro atoms. The molecule has 0 radical (unpaired) electrons. The fourth-order valence-electron chi connectivity index (χ4n) is 1.92. The zero-order valence-corrected chi connectivity index (χ0v) is 10.7. The summed E-state index contributed by atoms with van der Waals surface area (Å²) in [6.45, 7) is 0. The molecule has 0 saturated heterocycles. The van der Waals surface area contributed by atoms with E-state index in [-0.39, 0.29) is 11.3 Å². The van der Waals surface area contributed by atoms with E-state index in [9.17, 15) is 9.90 Å². The van der Waals surface area contributed by atoms with Crippen LogP contribution < -0.4 is 5.56 Å². The van der Waals surface area contributed by atoms with Crippen LogP contribution >= 0.6 is 0 Å². The van der Waals surface area contributed by atoms with Gasteiger partial charge in [-0.1, -0.05) is 0 Å². The number of hydrogen-bond acceptors (Lipinski definition) is 4. The van der Waals surface area contributed by atoms with Gasteiger partial charge in [-0.25, -0.2) is 4.98 Å². The maximum Gasteiger partial charge on any atom is 0.251 e. The third kappa shape index (κ3) is 2.31. The van der Waals surface area contributed by atoms with Crippen molar-refractivity contribution in [3.8, 4) is 28.4 Å². The topological polar surface area (TPSA) is 83.8 Å². The first kappa shape index (κ1) is 12.2. The highest BCUT2D eigenvalue weighted by Gasteiger charge is 2.07. The van der Waals surface area contributed by atoms with Crippen molar-refractivity contribution in [2.24, 2.45) is 7.05 Å². The standard InChI is InChI=1S/C14H12N4O2/c1-18-8-10(7-15-18)12-6-13(20)17-14(16-12)9-2-4-11(19)5-3-9/h2-8,19H,1H3,(H,16,17,20). The average Bonchev–Trinajstić information content (AvgIpc) is 2.85. The van der Waals surface area contributed by atoms with E-state index >= 15 is 0 Å². The minimum atomic E-state index is -0.234. The van der Waals surface area contributed by atoms with Crippen LogP contribution in [0.15, 0.2) is 47.5 Å². The Hall–Kier alpha value is -2.89. The number of aromatic amines is 1.